The molecule has 1 aromatic rings. The molecule has 0 spiro atoms. The zero-order valence-electron chi connectivity index (χ0n) is 10.6. The number of rotatable bonds is 5. The first-order chi connectivity index (χ1) is 8.70. The summed E-state index contributed by atoms with van der Waals surface area (Å²) in [5.74, 6) is -0.836. The summed E-state index contributed by atoms with van der Waals surface area (Å²) in [7, 11) is 0.936. The van der Waals surface area contributed by atoms with Gasteiger partial charge in [0.1, 0.15) is 10.7 Å². The molecular formula is C12H15ClFNO3S. The maximum atomic E-state index is 13.5. The van der Waals surface area contributed by atoms with Crippen LogP contribution in [-0.4, -0.2) is 14.3 Å². The van der Waals surface area contributed by atoms with Gasteiger partial charge in [0, 0.05) is 22.8 Å². The third-order valence-electron chi connectivity index (χ3n) is 2.43. The molecule has 1 aromatic carbocycles. The van der Waals surface area contributed by atoms with Gasteiger partial charge < -0.3 is 5.32 Å². The summed E-state index contributed by atoms with van der Waals surface area (Å²) in [6.07, 6.45) is 1.05. The van der Waals surface area contributed by atoms with Gasteiger partial charge >= 0.3 is 0 Å². The molecule has 0 saturated carbocycles. The van der Waals surface area contributed by atoms with Crippen LogP contribution < -0.4 is 5.32 Å². The van der Waals surface area contributed by atoms with E-state index in [1.165, 1.54) is 6.07 Å². The van der Waals surface area contributed by atoms with E-state index in [0.717, 1.165) is 18.6 Å². The van der Waals surface area contributed by atoms with Crippen LogP contribution in [0.25, 0.3) is 0 Å². The van der Waals surface area contributed by atoms with Crippen LogP contribution in [0.1, 0.15) is 26.7 Å². The molecule has 0 unspecified atom stereocenters. The molecule has 0 aliphatic heterocycles. The Morgan fingerprint density at radius 1 is 1.42 bits per heavy atom. The lowest BCUT2D eigenvalue weighted by atomic mass is 10.1. The standard InChI is InChI=1S/C12H15ClFNO3S/c1-8(2)3-6-12(16)15-9-4-5-11(10(14)7-9)19(13,17)18/h4-5,7-8H,3,6H2,1-2H3,(H,15,16). The van der Waals surface area contributed by atoms with Crippen LogP contribution >= 0.6 is 10.7 Å². The summed E-state index contributed by atoms with van der Waals surface area (Å²) in [6.45, 7) is 3.99. The van der Waals surface area contributed by atoms with Crippen molar-refractivity contribution in [1.29, 1.82) is 0 Å². The van der Waals surface area contributed by atoms with Crippen LogP contribution in [0.5, 0.6) is 0 Å². The SMILES string of the molecule is CC(C)CCC(=O)Nc1ccc(S(=O)(=O)Cl)c(F)c1. The van der Waals surface area contributed by atoms with Crippen molar-refractivity contribution in [2.75, 3.05) is 5.32 Å². The number of halogens is 2. The second-order valence-corrected chi connectivity index (χ2v) is 7.10. The van der Waals surface area contributed by atoms with E-state index in [1.807, 2.05) is 13.8 Å². The third kappa shape index (κ3) is 5.16. The normalized spacial score (nSPS) is 11.6. The van der Waals surface area contributed by atoms with Crippen LogP contribution in [0, 0.1) is 11.7 Å². The first kappa shape index (κ1) is 15.9. The maximum Gasteiger partial charge on any atom is 0.264 e. The predicted molar refractivity (Wildman–Crippen MR) is 72.1 cm³/mol. The fourth-order valence-corrected chi connectivity index (χ4v) is 2.32. The molecule has 4 nitrogen and oxygen atoms in total. The number of amides is 1. The molecule has 7 heteroatoms. The minimum Gasteiger partial charge on any atom is -0.326 e. The number of hydrogen-bond acceptors (Lipinski definition) is 3. The van der Waals surface area contributed by atoms with Crippen LogP contribution in [0.15, 0.2) is 23.1 Å². The lowest BCUT2D eigenvalue weighted by Crippen LogP contribution is -2.12. The fraction of sp³-hybridized carbons (Fsp3) is 0.417. The molecule has 0 heterocycles. The zero-order chi connectivity index (χ0) is 14.6. The Morgan fingerprint density at radius 2 is 2.05 bits per heavy atom. The van der Waals surface area contributed by atoms with E-state index in [2.05, 4.69) is 5.32 Å². The molecule has 106 valence electrons. The van der Waals surface area contributed by atoms with Crippen molar-refractivity contribution in [1.82, 2.24) is 0 Å². The van der Waals surface area contributed by atoms with Gasteiger partial charge in [-0.3, -0.25) is 4.79 Å². The van der Waals surface area contributed by atoms with Gasteiger partial charge in [0.25, 0.3) is 9.05 Å². The highest BCUT2D eigenvalue weighted by molar-refractivity contribution is 8.13. The van der Waals surface area contributed by atoms with Crippen molar-refractivity contribution in [3.63, 3.8) is 0 Å². The fourth-order valence-electron chi connectivity index (χ4n) is 1.42. The van der Waals surface area contributed by atoms with E-state index in [9.17, 15) is 17.6 Å². The Hall–Kier alpha value is -1.14. The topological polar surface area (TPSA) is 63.2 Å². The van der Waals surface area contributed by atoms with E-state index < -0.39 is 19.8 Å². The van der Waals surface area contributed by atoms with E-state index in [-0.39, 0.29) is 11.6 Å². The molecule has 0 radical (unpaired) electrons. The highest BCUT2D eigenvalue weighted by Gasteiger charge is 2.16. The summed E-state index contributed by atoms with van der Waals surface area (Å²) in [5, 5.41) is 2.50. The highest BCUT2D eigenvalue weighted by Crippen LogP contribution is 2.22. The molecule has 0 aliphatic rings. The molecule has 1 rings (SSSR count). The maximum absolute atomic E-state index is 13.5. The van der Waals surface area contributed by atoms with E-state index in [4.69, 9.17) is 10.7 Å². The number of benzene rings is 1. The Morgan fingerprint density at radius 3 is 2.53 bits per heavy atom. The summed E-state index contributed by atoms with van der Waals surface area (Å²) in [6, 6.07) is 3.25. The smallest absolute Gasteiger partial charge is 0.264 e. The predicted octanol–water partition coefficient (Wildman–Crippen LogP) is 3.13. The Balaban J connectivity index is 2.77. The lowest BCUT2D eigenvalue weighted by molar-refractivity contribution is -0.116. The van der Waals surface area contributed by atoms with E-state index >= 15 is 0 Å². The van der Waals surface area contributed by atoms with E-state index in [0.29, 0.717) is 12.3 Å². The van der Waals surface area contributed by atoms with Gasteiger partial charge in [-0.05, 0) is 30.5 Å². The van der Waals surface area contributed by atoms with Crippen molar-refractivity contribution in [2.45, 2.75) is 31.6 Å². The molecule has 0 fully saturated rings. The number of carbonyl (C=O) groups excluding carboxylic acids is 1. The molecule has 1 N–H and O–H groups in total. The minimum atomic E-state index is -4.12. The van der Waals surface area contributed by atoms with Gasteiger partial charge in [-0.1, -0.05) is 13.8 Å². The van der Waals surface area contributed by atoms with E-state index in [1.54, 1.807) is 0 Å². The van der Waals surface area contributed by atoms with Crippen molar-refractivity contribution in [3.8, 4) is 0 Å². The van der Waals surface area contributed by atoms with Gasteiger partial charge in [-0.2, -0.15) is 0 Å². The van der Waals surface area contributed by atoms with Crippen LogP contribution in [-0.2, 0) is 13.8 Å². The molecule has 0 aliphatic carbocycles. The zero-order valence-corrected chi connectivity index (χ0v) is 12.2. The van der Waals surface area contributed by atoms with Crippen molar-refractivity contribution < 1.29 is 17.6 Å². The van der Waals surface area contributed by atoms with Crippen LogP contribution in [0.2, 0.25) is 0 Å². The van der Waals surface area contributed by atoms with Crippen molar-refractivity contribution in [2.24, 2.45) is 5.92 Å². The Bertz CT molecular complexity index is 572. The van der Waals surface area contributed by atoms with Gasteiger partial charge in [0.05, 0.1) is 0 Å². The molecule has 0 saturated heterocycles. The second-order valence-electron chi connectivity index (χ2n) is 4.56. The van der Waals surface area contributed by atoms with Gasteiger partial charge in [-0.15, -0.1) is 0 Å². The number of anilines is 1. The van der Waals surface area contributed by atoms with Gasteiger partial charge in [0.15, 0.2) is 0 Å². The monoisotopic (exact) mass is 307 g/mol. The average Bonchev–Trinajstić information content (AvgIpc) is 2.24. The molecular weight excluding hydrogens is 293 g/mol. The third-order valence-corrected chi connectivity index (χ3v) is 3.78. The van der Waals surface area contributed by atoms with Crippen LogP contribution in [0.4, 0.5) is 10.1 Å². The average molecular weight is 308 g/mol. The molecule has 0 bridgehead atoms. The van der Waals surface area contributed by atoms with Gasteiger partial charge in [0.2, 0.25) is 5.91 Å². The van der Waals surface area contributed by atoms with Gasteiger partial charge in [-0.25, -0.2) is 12.8 Å². The quantitative estimate of drug-likeness (QED) is 0.850. The lowest BCUT2D eigenvalue weighted by Gasteiger charge is -2.08. The Kier molecular flexibility index (Phi) is 5.31. The van der Waals surface area contributed by atoms with Crippen molar-refractivity contribution >= 4 is 31.3 Å². The summed E-state index contributed by atoms with van der Waals surface area (Å²) < 4.78 is 35.5. The van der Waals surface area contributed by atoms with Crippen molar-refractivity contribution in [3.05, 3.63) is 24.0 Å². The number of hydrogen-bond donors (Lipinski definition) is 1. The molecule has 19 heavy (non-hydrogen) atoms. The summed E-state index contributed by atoms with van der Waals surface area (Å²) in [4.78, 5) is 10.9. The first-order valence-electron chi connectivity index (χ1n) is 5.74. The summed E-state index contributed by atoms with van der Waals surface area (Å²) >= 11 is 0. The largest absolute Gasteiger partial charge is 0.326 e. The number of nitrogens with one attached hydrogen (secondary N) is 1. The Labute approximate surface area is 116 Å². The summed E-state index contributed by atoms with van der Waals surface area (Å²) in [5.41, 5.74) is 0.204. The molecule has 0 aromatic heterocycles. The minimum absolute atomic E-state index is 0.204. The highest BCUT2D eigenvalue weighted by atomic mass is 35.7. The second kappa shape index (κ2) is 6.34. The number of carbonyl (C=O) groups is 1. The first-order valence-corrected chi connectivity index (χ1v) is 8.05. The molecule has 0 atom stereocenters. The van der Waals surface area contributed by atoms with Crippen LogP contribution in [0.3, 0.4) is 0 Å². The molecule has 1 amide bonds.